The number of ether oxygens (including phenoxy) is 1. The van der Waals surface area contributed by atoms with Gasteiger partial charge in [0.15, 0.2) is 0 Å². The normalized spacial score (nSPS) is 16.5. The van der Waals surface area contributed by atoms with E-state index >= 15 is 0 Å². The first kappa shape index (κ1) is 15.1. The molecular weight excluding hydrogens is 371 g/mol. The van der Waals surface area contributed by atoms with Crippen LogP contribution in [0.15, 0.2) is 43.7 Å². The number of nitriles is 1. The second kappa shape index (κ2) is 5.40. The summed E-state index contributed by atoms with van der Waals surface area (Å²) in [7, 11) is 0. The van der Waals surface area contributed by atoms with Crippen LogP contribution in [0.1, 0.15) is 17.0 Å². The Kier molecular flexibility index (Phi) is 3.54. The zero-order chi connectivity index (χ0) is 16.7. The average molecular weight is 379 g/mol. The van der Waals surface area contributed by atoms with Crippen LogP contribution < -0.4 is 21.7 Å². The van der Waals surface area contributed by atoms with Gasteiger partial charge in [-0.3, -0.25) is 14.8 Å². The van der Waals surface area contributed by atoms with E-state index in [1.54, 1.807) is 0 Å². The van der Waals surface area contributed by atoms with E-state index in [4.69, 9.17) is 10.5 Å². The van der Waals surface area contributed by atoms with Gasteiger partial charge in [0.05, 0.1) is 16.0 Å². The predicted molar refractivity (Wildman–Crippen MR) is 81.1 cm³/mol. The van der Waals surface area contributed by atoms with Crippen LogP contribution in [0.5, 0.6) is 5.88 Å². The van der Waals surface area contributed by atoms with Gasteiger partial charge in [0.25, 0.3) is 5.56 Å². The number of benzene rings is 1. The molecule has 0 radical (unpaired) electrons. The molecule has 0 amide bonds. The molecule has 1 aliphatic heterocycles. The van der Waals surface area contributed by atoms with Gasteiger partial charge in [-0.25, -0.2) is 9.18 Å². The molecule has 3 rings (SSSR count). The number of nitrogens with two attached hydrogens (primary N) is 1. The third-order valence-electron chi connectivity index (χ3n) is 3.40. The van der Waals surface area contributed by atoms with Gasteiger partial charge in [0.1, 0.15) is 17.5 Å². The summed E-state index contributed by atoms with van der Waals surface area (Å²) in [6.07, 6.45) is 0. The molecule has 0 saturated heterocycles. The highest BCUT2D eigenvalue weighted by Gasteiger charge is 2.34. The maximum absolute atomic E-state index is 13.5. The molecule has 1 aliphatic rings. The molecule has 0 unspecified atom stereocenters. The number of aromatic nitrogens is 2. The monoisotopic (exact) mass is 378 g/mol. The molecule has 116 valence electrons. The van der Waals surface area contributed by atoms with Gasteiger partial charge >= 0.3 is 5.69 Å². The van der Waals surface area contributed by atoms with Crippen molar-refractivity contribution in [2.75, 3.05) is 0 Å². The minimum Gasteiger partial charge on any atom is -0.424 e. The highest BCUT2D eigenvalue weighted by molar-refractivity contribution is 9.10. The molecule has 0 spiro atoms. The van der Waals surface area contributed by atoms with Gasteiger partial charge in [0, 0.05) is 0 Å². The van der Waals surface area contributed by atoms with Crippen molar-refractivity contribution >= 4 is 15.9 Å². The van der Waals surface area contributed by atoms with E-state index in [-0.39, 0.29) is 27.4 Å². The van der Waals surface area contributed by atoms with E-state index in [1.165, 1.54) is 18.2 Å². The summed E-state index contributed by atoms with van der Waals surface area (Å²) in [5.41, 5.74) is 4.70. The lowest BCUT2D eigenvalue weighted by atomic mass is 9.85. The van der Waals surface area contributed by atoms with Crippen molar-refractivity contribution in [1.29, 1.82) is 5.26 Å². The lowest BCUT2D eigenvalue weighted by molar-refractivity contribution is 0.373. The second-order valence-electron chi connectivity index (χ2n) is 4.75. The van der Waals surface area contributed by atoms with Gasteiger partial charge in [0.2, 0.25) is 11.8 Å². The zero-order valence-corrected chi connectivity index (χ0v) is 12.9. The lowest BCUT2D eigenvalue weighted by Crippen LogP contribution is -2.33. The summed E-state index contributed by atoms with van der Waals surface area (Å²) >= 11 is 3.06. The number of nitrogens with one attached hydrogen (secondary N) is 2. The number of fused-ring (bicyclic) bond motifs is 1. The maximum atomic E-state index is 13.5. The standard InChI is InChI=1S/C14H8BrFN4O3/c15-7-3-5(1-2-8(7)16)9-6(4-17)11(18)23-13-10(9)12(21)19-14(22)20-13/h1-3,9H,18H2,(H2,19,20,21,22)/t9-/m0/s1. The van der Waals surface area contributed by atoms with Crippen LogP contribution in [0.4, 0.5) is 4.39 Å². The molecule has 9 heteroatoms. The molecule has 2 heterocycles. The number of hydrogen-bond acceptors (Lipinski definition) is 5. The number of rotatable bonds is 1. The quantitative estimate of drug-likeness (QED) is 0.686. The Morgan fingerprint density at radius 1 is 1.35 bits per heavy atom. The molecule has 1 atom stereocenters. The number of allylic oxidation sites excluding steroid dienone is 1. The Morgan fingerprint density at radius 3 is 2.74 bits per heavy atom. The average Bonchev–Trinajstić information content (AvgIpc) is 2.48. The van der Waals surface area contributed by atoms with Crippen LogP contribution in [0.3, 0.4) is 0 Å². The first-order chi connectivity index (χ1) is 10.9. The van der Waals surface area contributed by atoms with Gasteiger partial charge in [-0.15, -0.1) is 0 Å². The fourth-order valence-corrected chi connectivity index (χ4v) is 2.81. The summed E-state index contributed by atoms with van der Waals surface area (Å²) in [6, 6.07) is 5.95. The molecule has 1 aromatic carbocycles. The van der Waals surface area contributed by atoms with Crippen LogP contribution in [0.25, 0.3) is 0 Å². The van der Waals surface area contributed by atoms with Crippen molar-refractivity contribution in [2.24, 2.45) is 5.73 Å². The Bertz CT molecular complexity index is 1000. The molecule has 1 aromatic heterocycles. The summed E-state index contributed by atoms with van der Waals surface area (Å²) in [5, 5.41) is 9.35. The topological polar surface area (TPSA) is 125 Å². The van der Waals surface area contributed by atoms with Crippen molar-refractivity contribution in [3.63, 3.8) is 0 Å². The summed E-state index contributed by atoms with van der Waals surface area (Å²) in [4.78, 5) is 28.0. The Labute approximate surface area is 136 Å². The van der Waals surface area contributed by atoms with Crippen molar-refractivity contribution in [2.45, 2.75) is 5.92 Å². The fourth-order valence-electron chi connectivity index (χ4n) is 2.41. The highest BCUT2D eigenvalue weighted by Crippen LogP contribution is 2.39. The largest absolute Gasteiger partial charge is 0.424 e. The van der Waals surface area contributed by atoms with E-state index < -0.39 is 23.0 Å². The zero-order valence-electron chi connectivity index (χ0n) is 11.3. The van der Waals surface area contributed by atoms with Crippen LogP contribution in [0, 0.1) is 17.1 Å². The Balaban J connectivity index is 2.33. The van der Waals surface area contributed by atoms with Crippen molar-refractivity contribution in [3.8, 4) is 11.9 Å². The number of aromatic amines is 2. The molecular formula is C14H8BrFN4O3. The first-order valence-electron chi connectivity index (χ1n) is 6.31. The van der Waals surface area contributed by atoms with Gasteiger partial charge in [-0.2, -0.15) is 5.26 Å². The molecule has 0 bridgehead atoms. The van der Waals surface area contributed by atoms with Crippen molar-refractivity contribution in [1.82, 2.24) is 9.97 Å². The Hall–Kier alpha value is -2.86. The summed E-state index contributed by atoms with van der Waals surface area (Å²) < 4.78 is 18.8. The minimum absolute atomic E-state index is 0.00597. The summed E-state index contributed by atoms with van der Waals surface area (Å²) in [6.45, 7) is 0. The van der Waals surface area contributed by atoms with Crippen LogP contribution in [-0.4, -0.2) is 9.97 Å². The molecule has 0 saturated carbocycles. The lowest BCUT2D eigenvalue weighted by Gasteiger charge is -2.24. The van der Waals surface area contributed by atoms with Crippen molar-refractivity contribution in [3.05, 3.63) is 71.9 Å². The number of hydrogen-bond donors (Lipinski definition) is 3. The third-order valence-corrected chi connectivity index (χ3v) is 4.00. The third kappa shape index (κ3) is 2.43. The van der Waals surface area contributed by atoms with Crippen LogP contribution in [0.2, 0.25) is 0 Å². The summed E-state index contributed by atoms with van der Waals surface area (Å²) in [5.74, 6) is -1.75. The fraction of sp³-hybridized carbons (Fsp3) is 0.0714. The Morgan fingerprint density at radius 2 is 2.09 bits per heavy atom. The van der Waals surface area contributed by atoms with Crippen LogP contribution >= 0.6 is 15.9 Å². The minimum atomic E-state index is -0.888. The van der Waals surface area contributed by atoms with Crippen molar-refractivity contribution < 1.29 is 9.13 Å². The second-order valence-corrected chi connectivity index (χ2v) is 5.60. The van der Waals surface area contributed by atoms with E-state index in [0.29, 0.717) is 5.56 Å². The molecule has 23 heavy (non-hydrogen) atoms. The SMILES string of the molecule is N#CC1=C(N)Oc2[nH]c(=O)[nH]c(=O)c2[C@H]1c1ccc(F)c(Br)c1. The molecule has 4 N–H and O–H groups in total. The van der Waals surface area contributed by atoms with E-state index in [1.807, 2.05) is 6.07 Å². The van der Waals surface area contributed by atoms with Crippen LogP contribution in [-0.2, 0) is 0 Å². The first-order valence-corrected chi connectivity index (χ1v) is 7.10. The maximum Gasteiger partial charge on any atom is 0.328 e. The van der Waals surface area contributed by atoms with E-state index in [9.17, 15) is 19.2 Å². The molecule has 7 nitrogen and oxygen atoms in total. The van der Waals surface area contributed by atoms with Gasteiger partial charge in [-0.1, -0.05) is 6.07 Å². The number of halogens is 2. The van der Waals surface area contributed by atoms with Gasteiger partial charge < -0.3 is 10.5 Å². The van der Waals surface area contributed by atoms with E-state index in [2.05, 4.69) is 25.9 Å². The van der Waals surface area contributed by atoms with E-state index in [0.717, 1.165) is 0 Å². The highest BCUT2D eigenvalue weighted by atomic mass is 79.9. The van der Waals surface area contributed by atoms with Gasteiger partial charge in [-0.05, 0) is 33.6 Å². The number of nitrogens with zero attached hydrogens (tertiary/aromatic N) is 1. The molecule has 0 aliphatic carbocycles. The predicted octanol–water partition coefficient (Wildman–Crippen LogP) is 1.18. The smallest absolute Gasteiger partial charge is 0.328 e. The number of H-pyrrole nitrogens is 2. The molecule has 0 fully saturated rings. The molecule has 2 aromatic rings.